The Morgan fingerprint density at radius 1 is 1.16 bits per heavy atom. The van der Waals surface area contributed by atoms with E-state index in [1.807, 2.05) is 17.1 Å². The Balaban J connectivity index is 0.966. The highest BCUT2D eigenvalue weighted by molar-refractivity contribution is 5.96. The molecule has 3 N–H and O–H groups in total. The van der Waals surface area contributed by atoms with Gasteiger partial charge in [0.1, 0.15) is 24.0 Å². The summed E-state index contributed by atoms with van der Waals surface area (Å²) in [5.74, 6) is 1.25. The van der Waals surface area contributed by atoms with E-state index in [2.05, 4.69) is 62.3 Å². The summed E-state index contributed by atoms with van der Waals surface area (Å²) in [6.07, 6.45) is 10.9. The van der Waals surface area contributed by atoms with Crippen molar-refractivity contribution in [2.75, 3.05) is 26.2 Å². The first-order valence-corrected chi connectivity index (χ1v) is 15.7. The summed E-state index contributed by atoms with van der Waals surface area (Å²) in [6.45, 7) is 8.07. The highest BCUT2D eigenvalue weighted by atomic mass is 19.4. The molecule has 2 aromatic rings. The summed E-state index contributed by atoms with van der Waals surface area (Å²) in [4.78, 5) is 17.4. The van der Waals surface area contributed by atoms with Crippen molar-refractivity contribution < 1.29 is 17.9 Å². The van der Waals surface area contributed by atoms with Crippen LogP contribution in [0, 0.1) is 17.3 Å². The van der Waals surface area contributed by atoms with Crippen LogP contribution in [0.3, 0.4) is 0 Å². The van der Waals surface area contributed by atoms with Crippen LogP contribution < -0.4 is 15.8 Å². The highest BCUT2D eigenvalue weighted by Gasteiger charge is 2.45. The first kappa shape index (κ1) is 30.0. The topological polar surface area (TPSA) is 109 Å². The maximum atomic E-state index is 13.7. The number of rotatable bonds is 8. The molecule has 45 heavy (non-hydrogen) atoms. The van der Waals surface area contributed by atoms with Crippen LogP contribution in [0.4, 0.5) is 13.2 Å². The number of aliphatic imine (C=N–C) groups is 2. The molecular formula is C32H40F3N9O. The first-order valence-electron chi connectivity index (χ1n) is 15.7. The largest absolute Gasteiger partial charge is 0.474 e. The van der Waals surface area contributed by atoms with Crippen LogP contribution in [0.1, 0.15) is 62.0 Å². The Morgan fingerprint density at radius 3 is 2.69 bits per heavy atom. The summed E-state index contributed by atoms with van der Waals surface area (Å²) in [5.41, 5.74) is 6.82. The van der Waals surface area contributed by atoms with E-state index in [0.717, 1.165) is 50.1 Å². The van der Waals surface area contributed by atoms with Gasteiger partial charge in [0, 0.05) is 62.5 Å². The average Bonchev–Trinajstić information content (AvgIpc) is 3.65. The van der Waals surface area contributed by atoms with Crippen LogP contribution in [0.15, 0.2) is 59.1 Å². The maximum absolute atomic E-state index is 13.7. The van der Waals surface area contributed by atoms with Crippen molar-refractivity contribution in [2.45, 2.75) is 70.1 Å². The number of likely N-dealkylation sites (tertiary alicyclic amines) is 2. The number of nitrogens with zero attached hydrogens (tertiary/aromatic N) is 7. The number of nitrogens with one attached hydrogen (secondary N) is 1. The van der Waals surface area contributed by atoms with Crippen LogP contribution >= 0.6 is 0 Å². The predicted molar refractivity (Wildman–Crippen MR) is 164 cm³/mol. The molecule has 6 heterocycles. The molecule has 240 valence electrons. The monoisotopic (exact) mass is 623 g/mol. The van der Waals surface area contributed by atoms with Gasteiger partial charge in [-0.3, -0.25) is 19.5 Å². The molecule has 5 aliphatic rings. The van der Waals surface area contributed by atoms with Crippen molar-refractivity contribution in [3.05, 3.63) is 65.9 Å². The lowest BCUT2D eigenvalue weighted by molar-refractivity contribution is -0.141. The molecule has 0 amide bonds. The van der Waals surface area contributed by atoms with Gasteiger partial charge in [0.2, 0.25) is 5.88 Å². The van der Waals surface area contributed by atoms with Crippen LogP contribution in [0.25, 0.3) is 0 Å². The number of amidine groups is 1. The van der Waals surface area contributed by atoms with E-state index < -0.39 is 11.9 Å². The summed E-state index contributed by atoms with van der Waals surface area (Å²) >= 11 is 0. The summed E-state index contributed by atoms with van der Waals surface area (Å²) in [6, 6.07) is 3.26. The molecule has 2 aromatic heterocycles. The number of nitrogens with two attached hydrogens (primary N) is 1. The minimum atomic E-state index is -4.53. The van der Waals surface area contributed by atoms with Gasteiger partial charge in [-0.1, -0.05) is 26.0 Å². The van der Waals surface area contributed by atoms with Gasteiger partial charge in [0.05, 0.1) is 24.2 Å². The molecule has 0 bridgehead atoms. The molecule has 3 fully saturated rings. The van der Waals surface area contributed by atoms with Crippen molar-refractivity contribution in [3.63, 3.8) is 0 Å². The summed E-state index contributed by atoms with van der Waals surface area (Å²) in [5, 5.41) is 7.90. The third kappa shape index (κ3) is 6.11. The minimum Gasteiger partial charge on any atom is -0.474 e. The third-order valence-corrected chi connectivity index (χ3v) is 9.72. The second kappa shape index (κ2) is 11.6. The highest BCUT2D eigenvalue weighted by Crippen LogP contribution is 2.44. The molecule has 0 spiro atoms. The lowest BCUT2D eigenvalue weighted by atomic mass is 9.72. The Kier molecular flexibility index (Phi) is 7.71. The second-order valence-electron chi connectivity index (χ2n) is 13.7. The number of hydrogen-bond acceptors (Lipinski definition) is 9. The third-order valence-electron chi connectivity index (χ3n) is 9.72. The lowest BCUT2D eigenvalue weighted by Gasteiger charge is -2.50. The normalized spacial score (nSPS) is 30.1. The number of alkyl halides is 3. The van der Waals surface area contributed by atoms with Gasteiger partial charge in [0.15, 0.2) is 0 Å². The molecule has 13 heteroatoms. The van der Waals surface area contributed by atoms with E-state index in [4.69, 9.17) is 15.6 Å². The van der Waals surface area contributed by atoms with Gasteiger partial charge < -0.3 is 15.8 Å². The molecule has 5 atom stereocenters. The number of halogens is 3. The first-order chi connectivity index (χ1) is 21.6. The van der Waals surface area contributed by atoms with E-state index in [1.165, 1.54) is 0 Å². The smallest absolute Gasteiger partial charge is 0.433 e. The average molecular weight is 624 g/mol. The summed E-state index contributed by atoms with van der Waals surface area (Å²) in [7, 11) is 0. The molecule has 0 aromatic carbocycles. The zero-order valence-corrected chi connectivity index (χ0v) is 25.6. The van der Waals surface area contributed by atoms with Crippen molar-refractivity contribution in [2.24, 2.45) is 33.0 Å². The van der Waals surface area contributed by atoms with E-state index in [-0.39, 0.29) is 41.3 Å². The lowest BCUT2D eigenvalue weighted by Crippen LogP contribution is -2.55. The zero-order valence-electron chi connectivity index (χ0n) is 25.6. The van der Waals surface area contributed by atoms with Crippen LogP contribution in [0.5, 0.6) is 5.88 Å². The number of piperidine rings is 1. The molecule has 0 radical (unpaired) electrons. The molecule has 4 aliphatic heterocycles. The molecular weight excluding hydrogens is 583 g/mol. The van der Waals surface area contributed by atoms with E-state index in [0.29, 0.717) is 31.0 Å². The second-order valence-corrected chi connectivity index (χ2v) is 13.7. The Bertz CT molecular complexity index is 1510. The zero-order chi connectivity index (χ0) is 31.3. The minimum absolute atomic E-state index is 0.0545. The van der Waals surface area contributed by atoms with Crippen LogP contribution in [-0.2, 0) is 12.7 Å². The van der Waals surface area contributed by atoms with Gasteiger partial charge in [-0.05, 0) is 48.7 Å². The number of fused-ring (bicyclic) bond motifs is 1. The van der Waals surface area contributed by atoms with E-state index in [1.54, 1.807) is 18.6 Å². The predicted octanol–water partition coefficient (Wildman–Crippen LogP) is 4.30. The number of ether oxygens (including phenoxy) is 1. The Hall–Kier alpha value is -3.71. The molecule has 1 saturated carbocycles. The van der Waals surface area contributed by atoms with Crippen molar-refractivity contribution in [1.29, 1.82) is 0 Å². The van der Waals surface area contributed by atoms with Gasteiger partial charge >= 0.3 is 6.18 Å². The molecule has 1 aliphatic carbocycles. The number of aromatic nitrogens is 3. The van der Waals surface area contributed by atoms with E-state index >= 15 is 0 Å². The fraction of sp³-hybridized carbons (Fsp3) is 0.562. The fourth-order valence-corrected chi connectivity index (χ4v) is 7.61. The molecule has 7 rings (SSSR count). The fourth-order valence-electron chi connectivity index (χ4n) is 7.61. The maximum Gasteiger partial charge on any atom is 0.433 e. The number of hydrogen-bond donors (Lipinski definition) is 2. The number of pyridine rings is 1. The SMILES string of the molecule is CC1(C)CN(Cc2cc(OC3CCN(C4C[C@H](n5cc(C6N=CN=C7NC=CC76)cn5)C4/C=C/N)CC3)nc(C(F)(F)F)c2)C1. The standard InChI is InChI=1S/C32H40F3N9O/c1-31(2)17-42(18-31)15-20-11-27(32(33,34)35)41-28(12-20)45-22-5-9-43(10-6-22)25-13-26(23(25)3-7-36)44-16-21(14-40-44)29-24-4-8-37-30(24)39-19-38-29/h3-4,7-8,11-12,14,16,19,22-26,29H,5-6,9-10,13,15,17-18,36H2,1-2H3,(H,37,38,39)/b7-3+/t23?,24?,25?,26-,29?/m0/s1. The van der Waals surface area contributed by atoms with Crippen molar-refractivity contribution in [3.8, 4) is 5.88 Å². The quantitative estimate of drug-likeness (QED) is 0.452. The van der Waals surface area contributed by atoms with Crippen LogP contribution in [0.2, 0.25) is 0 Å². The van der Waals surface area contributed by atoms with Crippen molar-refractivity contribution >= 4 is 12.2 Å². The van der Waals surface area contributed by atoms with E-state index in [9.17, 15) is 13.2 Å². The summed E-state index contributed by atoms with van der Waals surface area (Å²) < 4.78 is 49.2. The van der Waals surface area contributed by atoms with Gasteiger partial charge in [-0.15, -0.1) is 0 Å². The van der Waals surface area contributed by atoms with Crippen molar-refractivity contribution in [1.82, 2.24) is 29.9 Å². The van der Waals surface area contributed by atoms with Gasteiger partial charge in [0.25, 0.3) is 0 Å². The molecule has 4 unspecified atom stereocenters. The Labute approximate surface area is 260 Å². The molecule has 2 saturated heterocycles. The van der Waals surface area contributed by atoms with Gasteiger partial charge in [-0.25, -0.2) is 9.98 Å². The molecule has 10 nitrogen and oxygen atoms in total. The van der Waals surface area contributed by atoms with Gasteiger partial charge in [-0.2, -0.15) is 18.3 Å². The Morgan fingerprint density at radius 2 is 1.96 bits per heavy atom. The van der Waals surface area contributed by atoms with Crippen LogP contribution in [-0.4, -0.2) is 75.1 Å².